The van der Waals surface area contributed by atoms with Crippen molar-refractivity contribution in [3.63, 3.8) is 0 Å². The van der Waals surface area contributed by atoms with Gasteiger partial charge in [-0.1, -0.05) is 11.3 Å². The van der Waals surface area contributed by atoms with Crippen LogP contribution in [-0.4, -0.2) is 39.2 Å². The van der Waals surface area contributed by atoms with Gasteiger partial charge >= 0.3 is 6.18 Å². The quantitative estimate of drug-likeness (QED) is 0.908. The van der Waals surface area contributed by atoms with E-state index in [1.165, 1.54) is 4.52 Å². The van der Waals surface area contributed by atoms with Crippen LogP contribution in [0.3, 0.4) is 0 Å². The molecule has 110 valence electrons. The van der Waals surface area contributed by atoms with E-state index in [9.17, 15) is 13.2 Å². The summed E-state index contributed by atoms with van der Waals surface area (Å²) in [6.45, 7) is 1.98. The fourth-order valence-electron chi connectivity index (χ4n) is 1.96. The van der Waals surface area contributed by atoms with Gasteiger partial charge in [0.1, 0.15) is 5.01 Å². The third-order valence-electron chi connectivity index (χ3n) is 3.34. The molecule has 3 rings (SSSR count). The highest BCUT2D eigenvalue weighted by Gasteiger charge is 2.52. The molecule has 10 heteroatoms. The van der Waals surface area contributed by atoms with Crippen LogP contribution < -0.4 is 5.73 Å². The highest BCUT2D eigenvalue weighted by molar-refractivity contribution is 7.16. The molecule has 2 aromatic rings. The molecule has 0 aliphatic carbocycles. The number of halogens is 3. The van der Waals surface area contributed by atoms with Crippen LogP contribution >= 0.6 is 11.3 Å². The van der Waals surface area contributed by atoms with Gasteiger partial charge < -0.3 is 10.5 Å². The Hall–Kier alpha value is -1.26. The zero-order chi connectivity index (χ0) is 14.5. The minimum Gasteiger partial charge on any atom is -0.381 e. The number of ether oxygens (including phenoxy) is 1. The molecule has 6 nitrogen and oxygen atoms in total. The van der Waals surface area contributed by atoms with E-state index in [0.717, 1.165) is 24.7 Å². The van der Waals surface area contributed by atoms with E-state index >= 15 is 0 Å². The summed E-state index contributed by atoms with van der Waals surface area (Å²) in [7, 11) is 0. The molecule has 1 aliphatic rings. The van der Waals surface area contributed by atoms with Gasteiger partial charge in [-0.2, -0.15) is 22.8 Å². The Labute approximate surface area is 115 Å². The van der Waals surface area contributed by atoms with Crippen molar-refractivity contribution in [3.05, 3.63) is 10.8 Å². The van der Waals surface area contributed by atoms with Gasteiger partial charge in [0, 0.05) is 12.5 Å². The topological polar surface area (TPSA) is 78.3 Å². The van der Waals surface area contributed by atoms with Crippen LogP contribution in [0.5, 0.6) is 0 Å². The second-order valence-electron chi connectivity index (χ2n) is 4.92. The van der Waals surface area contributed by atoms with Crippen molar-refractivity contribution < 1.29 is 17.9 Å². The molecule has 2 unspecified atom stereocenters. The maximum Gasteiger partial charge on any atom is 0.412 e. The van der Waals surface area contributed by atoms with Crippen molar-refractivity contribution in [2.24, 2.45) is 5.73 Å². The number of alkyl halides is 3. The molecule has 1 saturated heterocycles. The normalized spacial score (nSPS) is 23.4. The van der Waals surface area contributed by atoms with Crippen LogP contribution in [0.4, 0.5) is 13.2 Å². The van der Waals surface area contributed by atoms with E-state index in [-0.39, 0.29) is 10.9 Å². The Kier molecular flexibility index (Phi) is 2.99. The third kappa shape index (κ3) is 1.98. The first-order valence-corrected chi connectivity index (χ1v) is 6.78. The van der Waals surface area contributed by atoms with Gasteiger partial charge in [-0.15, -0.1) is 10.2 Å². The van der Waals surface area contributed by atoms with E-state index in [1.54, 1.807) is 0 Å². The Balaban J connectivity index is 2.03. The molecule has 3 heterocycles. The fraction of sp³-hybridized carbons (Fsp3) is 0.700. The molecule has 2 atom stereocenters. The van der Waals surface area contributed by atoms with Crippen LogP contribution in [0.25, 0.3) is 4.96 Å². The molecule has 2 N–H and O–H groups in total. The molecular weight excluding hydrogens is 295 g/mol. The summed E-state index contributed by atoms with van der Waals surface area (Å²) in [5.74, 6) is 0.535. The van der Waals surface area contributed by atoms with Crippen LogP contribution in [0.2, 0.25) is 0 Å². The summed E-state index contributed by atoms with van der Waals surface area (Å²) in [6.07, 6.45) is -3.82. The van der Waals surface area contributed by atoms with Gasteiger partial charge in [0.25, 0.3) is 0 Å². The van der Waals surface area contributed by atoms with E-state index in [1.807, 2.05) is 0 Å². The van der Waals surface area contributed by atoms with Gasteiger partial charge in [-0.05, 0) is 13.3 Å². The first-order valence-electron chi connectivity index (χ1n) is 5.96. The summed E-state index contributed by atoms with van der Waals surface area (Å²) >= 11 is 0.803. The zero-order valence-electron chi connectivity index (χ0n) is 10.5. The summed E-state index contributed by atoms with van der Waals surface area (Å²) in [5.41, 5.74) is 2.88. The van der Waals surface area contributed by atoms with E-state index < -0.39 is 11.7 Å². The molecular formula is C10H12F3N5OS. The number of hydrogen-bond donors (Lipinski definition) is 1. The lowest BCUT2D eigenvalue weighted by molar-refractivity contribution is -0.184. The van der Waals surface area contributed by atoms with Gasteiger partial charge in [-0.25, -0.2) is 0 Å². The Bertz CT molecular complexity index is 628. The highest BCUT2D eigenvalue weighted by Crippen LogP contribution is 2.38. The second kappa shape index (κ2) is 4.37. The van der Waals surface area contributed by atoms with Crippen LogP contribution in [0.1, 0.15) is 30.1 Å². The highest BCUT2D eigenvalue weighted by atomic mass is 32.1. The molecule has 2 aromatic heterocycles. The van der Waals surface area contributed by atoms with Crippen molar-refractivity contribution >= 4 is 16.3 Å². The fourth-order valence-corrected chi connectivity index (χ4v) is 2.88. The molecule has 0 radical (unpaired) electrons. The number of aromatic nitrogens is 4. The minimum atomic E-state index is -4.58. The summed E-state index contributed by atoms with van der Waals surface area (Å²) in [5, 5.41) is 11.6. The number of nitrogens with two attached hydrogens (primary N) is 1. The lowest BCUT2D eigenvalue weighted by Crippen LogP contribution is -2.47. The molecule has 20 heavy (non-hydrogen) atoms. The molecule has 0 bridgehead atoms. The SMILES string of the molecule is CC(N)(c1nn2c(C3CCOC3)nnc2s1)C(F)(F)F. The summed E-state index contributed by atoms with van der Waals surface area (Å²) in [6, 6.07) is 0. The van der Waals surface area contributed by atoms with Gasteiger partial charge in [0.2, 0.25) is 4.96 Å². The predicted octanol–water partition coefficient (Wildman–Crippen LogP) is 1.43. The molecule has 0 aromatic carbocycles. The Morgan fingerprint density at radius 3 is 2.75 bits per heavy atom. The maximum absolute atomic E-state index is 12.9. The van der Waals surface area contributed by atoms with Gasteiger partial charge in [0.05, 0.1) is 6.61 Å². The smallest absolute Gasteiger partial charge is 0.381 e. The number of nitrogens with zero attached hydrogens (tertiary/aromatic N) is 4. The number of fused-ring (bicyclic) bond motifs is 1. The largest absolute Gasteiger partial charge is 0.412 e. The standard InChI is InChI=1S/C10H12F3N5OS/c1-9(14,10(11,12)13)7-17-18-6(5-2-3-19-4-5)15-16-8(18)20-7/h5H,2-4,14H2,1H3. The Morgan fingerprint density at radius 2 is 2.15 bits per heavy atom. The minimum absolute atomic E-state index is 0.00914. The molecule has 0 saturated carbocycles. The van der Waals surface area contributed by atoms with Gasteiger partial charge in [-0.3, -0.25) is 0 Å². The van der Waals surface area contributed by atoms with E-state index in [0.29, 0.717) is 24.0 Å². The van der Waals surface area contributed by atoms with Crippen molar-refractivity contribution in [3.8, 4) is 0 Å². The average molecular weight is 307 g/mol. The monoisotopic (exact) mass is 307 g/mol. The van der Waals surface area contributed by atoms with Crippen molar-refractivity contribution in [1.82, 2.24) is 19.8 Å². The molecule has 1 fully saturated rings. The lowest BCUT2D eigenvalue weighted by atomic mass is 10.1. The average Bonchev–Trinajstić information content (AvgIpc) is 3.02. The van der Waals surface area contributed by atoms with E-state index in [4.69, 9.17) is 10.5 Å². The molecule has 0 amide bonds. The van der Waals surface area contributed by atoms with Crippen LogP contribution in [0.15, 0.2) is 0 Å². The zero-order valence-corrected chi connectivity index (χ0v) is 11.3. The predicted molar refractivity (Wildman–Crippen MR) is 64.4 cm³/mol. The number of rotatable bonds is 2. The van der Waals surface area contributed by atoms with Crippen molar-refractivity contribution in [2.75, 3.05) is 13.2 Å². The summed E-state index contributed by atoms with van der Waals surface area (Å²) < 4.78 is 45.4. The van der Waals surface area contributed by atoms with Crippen LogP contribution in [-0.2, 0) is 10.3 Å². The first-order chi connectivity index (χ1) is 9.30. The third-order valence-corrected chi connectivity index (χ3v) is 4.48. The lowest BCUT2D eigenvalue weighted by Gasteiger charge is -2.24. The molecule has 1 aliphatic heterocycles. The first kappa shape index (κ1) is 13.7. The molecule has 0 spiro atoms. The maximum atomic E-state index is 12.9. The van der Waals surface area contributed by atoms with Crippen molar-refractivity contribution in [1.29, 1.82) is 0 Å². The van der Waals surface area contributed by atoms with Crippen LogP contribution in [0, 0.1) is 0 Å². The Morgan fingerprint density at radius 1 is 1.40 bits per heavy atom. The summed E-state index contributed by atoms with van der Waals surface area (Å²) in [4.78, 5) is 0.308. The van der Waals surface area contributed by atoms with Crippen molar-refractivity contribution in [2.45, 2.75) is 31.0 Å². The second-order valence-corrected chi connectivity index (χ2v) is 5.88. The van der Waals surface area contributed by atoms with Gasteiger partial charge in [0.15, 0.2) is 11.4 Å². The van der Waals surface area contributed by atoms with E-state index in [2.05, 4.69) is 15.3 Å². The number of hydrogen-bond acceptors (Lipinski definition) is 6.